The fourth-order valence-electron chi connectivity index (χ4n) is 3.00. The highest BCUT2D eigenvalue weighted by molar-refractivity contribution is 5.75. The number of urea groups is 1. The molecule has 24 heavy (non-hydrogen) atoms. The van der Waals surface area contributed by atoms with Crippen LogP contribution in [0.3, 0.4) is 0 Å². The second-order valence-electron chi connectivity index (χ2n) is 6.21. The number of ether oxygens (including phenoxy) is 1. The Hall–Kier alpha value is -2.34. The molecule has 1 aromatic carbocycles. The summed E-state index contributed by atoms with van der Waals surface area (Å²) in [7, 11) is 1.89. The lowest BCUT2D eigenvalue weighted by Gasteiger charge is -2.37. The SMILES string of the molecule is C[C@@H]1OCCN(C(=O)NCc2cn(C)nc2-c2ccccc2)[C@H]1C. The number of nitrogens with zero attached hydrogens (tertiary/aromatic N) is 3. The number of hydrogen-bond acceptors (Lipinski definition) is 3. The minimum atomic E-state index is -0.0551. The molecule has 0 aliphatic carbocycles. The highest BCUT2D eigenvalue weighted by Gasteiger charge is 2.29. The quantitative estimate of drug-likeness (QED) is 0.941. The second kappa shape index (κ2) is 7.05. The third-order valence-electron chi connectivity index (χ3n) is 4.53. The number of rotatable bonds is 3. The van der Waals surface area contributed by atoms with E-state index in [1.165, 1.54) is 0 Å². The summed E-state index contributed by atoms with van der Waals surface area (Å²) >= 11 is 0. The van der Waals surface area contributed by atoms with Gasteiger partial charge >= 0.3 is 6.03 Å². The first-order valence-corrected chi connectivity index (χ1v) is 8.30. The van der Waals surface area contributed by atoms with E-state index in [0.29, 0.717) is 19.7 Å². The van der Waals surface area contributed by atoms with Crippen molar-refractivity contribution in [1.29, 1.82) is 0 Å². The van der Waals surface area contributed by atoms with Gasteiger partial charge in [-0.2, -0.15) is 5.10 Å². The lowest BCUT2D eigenvalue weighted by molar-refractivity contribution is -0.0376. The van der Waals surface area contributed by atoms with Crippen molar-refractivity contribution in [3.05, 3.63) is 42.1 Å². The summed E-state index contributed by atoms with van der Waals surface area (Å²) in [4.78, 5) is 14.4. The summed E-state index contributed by atoms with van der Waals surface area (Å²) in [6.07, 6.45) is 2.01. The van der Waals surface area contributed by atoms with Crippen molar-refractivity contribution < 1.29 is 9.53 Å². The van der Waals surface area contributed by atoms with Crippen LogP contribution in [-0.2, 0) is 18.3 Å². The molecule has 0 spiro atoms. The molecular formula is C18H24N4O2. The molecule has 2 amide bonds. The van der Waals surface area contributed by atoms with E-state index < -0.39 is 0 Å². The molecule has 0 unspecified atom stereocenters. The van der Waals surface area contributed by atoms with E-state index in [1.807, 2.05) is 62.3 Å². The summed E-state index contributed by atoms with van der Waals surface area (Å²) in [5.41, 5.74) is 2.96. The molecule has 3 rings (SSSR count). The Balaban J connectivity index is 1.70. The Morgan fingerprint density at radius 3 is 2.83 bits per heavy atom. The van der Waals surface area contributed by atoms with Crippen molar-refractivity contribution in [2.75, 3.05) is 13.2 Å². The van der Waals surface area contributed by atoms with Crippen molar-refractivity contribution in [3.63, 3.8) is 0 Å². The molecule has 2 heterocycles. The first kappa shape index (κ1) is 16.5. The van der Waals surface area contributed by atoms with Crippen molar-refractivity contribution in [3.8, 4) is 11.3 Å². The topological polar surface area (TPSA) is 59.4 Å². The van der Waals surface area contributed by atoms with Crippen LogP contribution in [0.5, 0.6) is 0 Å². The molecule has 1 fully saturated rings. The molecule has 2 aromatic rings. The van der Waals surface area contributed by atoms with Gasteiger partial charge in [-0.15, -0.1) is 0 Å². The smallest absolute Gasteiger partial charge is 0.318 e. The van der Waals surface area contributed by atoms with E-state index in [-0.39, 0.29) is 18.2 Å². The van der Waals surface area contributed by atoms with Gasteiger partial charge in [0.05, 0.1) is 24.4 Å². The number of aryl methyl sites for hydroxylation is 1. The maximum atomic E-state index is 12.5. The van der Waals surface area contributed by atoms with Crippen LogP contribution in [-0.4, -0.2) is 46.0 Å². The Bertz CT molecular complexity index is 698. The molecule has 0 radical (unpaired) electrons. The monoisotopic (exact) mass is 328 g/mol. The Labute approximate surface area is 142 Å². The Morgan fingerprint density at radius 2 is 2.08 bits per heavy atom. The summed E-state index contributed by atoms with van der Waals surface area (Å²) in [5.74, 6) is 0. The summed E-state index contributed by atoms with van der Waals surface area (Å²) in [6.45, 7) is 5.67. The van der Waals surface area contributed by atoms with Gasteiger partial charge in [0.1, 0.15) is 0 Å². The van der Waals surface area contributed by atoms with E-state index in [2.05, 4.69) is 10.4 Å². The van der Waals surface area contributed by atoms with E-state index in [1.54, 1.807) is 4.68 Å². The van der Waals surface area contributed by atoms with Crippen LogP contribution in [0.2, 0.25) is 0 Å². The molecular weight excluding hydrogens is 304 g/mol. The van der Waals surface area contributed by atoms with Crippen molar-refractivity contribution in [2.24, 2.45) is 7.05 Å². The molecule has 1 aromatic heterocycles. The molecule has 1 aliphatic rings. The number of nitrogens with one attached hydrogen (secondary N) is 1. The lowest BCUT2D eigenvalue weighted by atomic mass is 10.1. The average Bonchev–Trinajstić information content (AvgIpc) is 2.97. The van der Waals surface area contributed by atoms with Crippen LogP contribution in [0.1, 0.15) is 19.4 Å². The van der Waals surface area contributed by atoms with Crippen LogP contribution in [0.15, 0.2) is 36.5 Å². The van der Waals surface area contributed by atoms with Gasteiger partial charge in [0, 0.05) is 37.5 Å². The van der Waals surface area contributed by atoms with E-state index in [9.17, 15) is 4.79 Å². The van der Waals surface area contributed by atoms with Crippen molar-refractivity contribution >= 4 is 6.03 Å². The predicted octanol–water partition coefficient (Wildman–Crippen LogP) is 2.41. The van der Waals surface area contributed by atoms with Crippen molar-refractivity contribution in [2.45, 2.75) is 32.5 Å². The van der Waals surface area contributed by atoms with Crippen LogP contribution in [0.4, 0.5) is 4.79 Å². The maximum absolute atomic E-state index is 12.5. The fourth-order valence-corrected chi connectivity index (χ4v) is 3.00. The van der Waals surface area contributed by atoms with Gasteiger partial charge in [0.25, 0.3) is 0 Å². The van der Waals surface area contributed by atoms with Crippen LogP contribution >= 0.6 is 0 Å². The molecule has 128 valence electrons. The molecule has 1 aliphatic heterocycles. The van der Waals surface area contributed by atoms with Crippen molar-refractivity contribution in [1.82, 2.24) is 20.0 Å². The molecule has 2 atom stereocenters. The summed E-state index contributed by atoms with van der Waals surface area (Å²) in [6, 6.07) is 10.0. The van der Waals surface area contributed by atoms with E-state index >= 15 is 0 Å². The number of carbonyl (C=O) groups is 1. The molecule has 1 saturated heterocycles. The number of benzene rings is 1. The normalized spacial score (nSPS) is 20.9. The first-order chi connectivity index (χ1) is 11.6. The van der Waals surface area contributed by atoms with Gasteiger partial charge in [-0.05, 0) is 13.8 Å². The van der Waals surface area contributed by atoms with Gasteiger partial charge < -0.3 is 15.0 Å². The third kappa shape index (κ3) is 3.43. The molecule has 6 nitrogen and oxygen atoms in total. The number of carbonyl (C=O) groups excluding carboxylic acids is 1. The third-order valence-corrected chi connectivity index (χ3v) is 4.53. The lowest BCUT2D eigenvalue weighted by Crippen LogP contribution is -2.54. The number of morpholine rings is 1. The summed E-state index contributed by atoms with van der Waals surface area (Å²) < 4.78 is 7.36. The second-order valence-corrected chi connectivity index (χ2v) is 6.21. The van der Waals surface area contributed by atoms with E-state index in [4.69, 9.17) is 4.74 Å². The van der Waals surface area contributed by atoms with Gasteiger partial charge in [-0.3, -0.25) is 4.68 Å². The molecule has 0 saturated carbocycles. The average molecular weight is 328 g/mol. The van der Waals surface area contributed by atoms with E-state index in [0.717, 1.165) is 16.8 Å². The fraction of sp³-hybridized carbons (Fsp3) is 0.444. The zero-order chi connectivity index (χ0) is 17.1. The van der Waals surface area contributed by atoms with Gasteiger partial charge in [0.15, 0.2) is 0 Å². The highest BCUT2D eigenvalue weighted by atomic mass is 16.5. The largest absolute Gasteiger partial charge is 0.375 e. The Morgan fingerprint density at radius 1 is 1.33 bits per heavy atom. The zero-order valence-electron chi connectivity index (χ0n) is 14.4. The predicted molar refractivity (Wildman–Crippen MR) is 92.5 cm³/mol. The highest BCUT2D eigenvalue weighted by Crippen LogP contribution is 2.21. The van der Waals surface area contributed by atoms with Crippen LogP contribution in [0, 0.1) is 0 Å². The maximum Gasteiger partial charge on any atom is 0.318 e. The number of amides is 2. The number of aromatic nitrogens is 2. The number of hydrogen-bond donors (Lipinski definition) is 1. The Kier molecular flexibility index (Phi) is 4.85. The van der Waals surface area contributed by atoms with Gasteiger partial charge in [-0.1, -0.05) is 30.3 Å². The van der Waals surface area contributed by atoms with Gasteiger partial charge in [0.2, 0.25) is 0 Å². The van der Waals surface area contributed by atoms with Gasteiger partial charge in [-0.25, -0.2) is 4.79 Å². The van der Waals surface area contributed by atoms with Crippen LogP contribution < -0.4 is 5.32 Å². The standard InChI is InChI=1S/C18H24N4O2/c1-13-14(2)24-10-9-22(13)18(23)19-11-16-12-21(3)20-17(16)15-7-5-4-6-8-15/h4-8,12-14H,9-11H2,1-3H3,(H,19,23)/t13-,14-/m0/s1. The molecule has 6 heteroatoms. The summed E-state index contributed by atoms with van der Waals surface area (Å²) in [5, 5.41) is 7.55. The minimum Gasteiger partial charge on any atom is -0.375 e. The molecule has 0 bridgehead atoms. The first-order valence-electron chi connectivity index (χ1n) is 8.30. The zero-order valence-corrected chi connectivity index (χ0v) is 14.4. The minimum absolute atomic E-state index is 0.0551. The van der Waals surface area contributed by atoms with Crippen LogP contribution in [0.25, 0.3) is 11.3 Å². The molecule has 1 N–H and O–H groups in total.